The molecule has 1 aromatic carbocycles. The third-order valence-electron chi connectivity index (χ3n) is 2.96. The molecule has 0 unspecified atom stereocenters. The number of nitrogens with one attached hydrogen (secondary N) is 1. The van der Waals surface area contributed by atoms with Crippen LogP contribution in [0, 0.1) is 5.82 Å². The fourth-order valence-electron chi connectivity index (χ4n) is 1.99. The predicted molar refractivity (Wildman–Crippen MR) is 77.4 cm³/mol. The van der Waals surface area contributed by atoms with Crippen molar-refractivity contribution in [3.8, 4) is 0 Å². The summed E-state index contributed by atoms with van der Waals surface area (Å²) < 4.78 is 15.3. The van der Waals surface area contributed by atoms with Crippen molar-refractivity contribution in [2.75, 3.05) is 0 Å². The number of amides is 1. The van der Waals surface area contributed by atoms with E-state index in [2.05, 4.69) is 23.0 Å². The van der Waals surface area contributed by atoms with Crippen LogP contribution in [-0.4, -0.2) is 15.7 Å². The number of carbonyl (C=O) groups excluding carboxylic acids is 1. The zero-order valence-corrected chi connectivity index (χ0v) is 12.2. The lowest BCUT2D eigenvalue weighted by atomic mass is 10.1. The molecule has 6 heteroatoms. The summed E-state index contributed by atoms with van der Waals surface area (Å²) in [6, 6.07) is 4.15. The lowest BCUT2D eigenvalue weighted by molar-refractivity contribution is 0.0946. The van der Waals surface area contributed by atoms with Gasteiger partial charge in [0.25, 0.3) is 5.91 Å². The molecule has 0 fully saturated rings. The van der Waals surface area contributed by atoms with E-state index in [0.29, 0.717) is 11.4 Å². The van der Waals surface area contributed by atoms with E-state index in [9.17, 15) is 9.18 Å². The highest BCUT2D eigenvalue weighted by molar-refractivity contribution is 7.80. The molecule has 0 aliphatic heterocycles. The third-order valence-corrected chi connectivity index (χ3v) is 3.24. The van der Waals surface area contributed by atoms with Gasteiger partial charge in [0.15, 0.2) is 0 Å². The van der Waals surface area contributed by atoms with Crippen molar-refractivity contribution >= 4 is 18.5 Å². The molecule has 2 rings (SSSR count). The van der Waals surface area contributed by atoms with Gasteiger partial charge in [-0.25, -0.2) is 4.39 Å². The Kier molecular flexibility index (Phi) is 4.44. The fraction of sp³-hybridized carbons (Fsp3) is 0.286. The molecule has 0 bridgehead atoms. The Balaban J connectivity index is 2.10. The molecule has 1 heterocycles. The van der Waals surface area contributed by atoms with E-state index >= 15 is 0 Å². The number of aryl methyl sites for hydroxylation is 2. The Bertz CT molecular complexity index is 639. The fourth-order valence-corrected chi connectivity index (χ4v) is 2.19. The summed E-state index contributed by atoms with van der Waals surface area (Å²) in [5.74, 6) is -1.01. The normalized spacial score (nSPS) is 10.6. The summed E-state index contributed by atoms with van der Waals surface area (Å²) in [6.07, 6.45) is 2.64. The van der Waals surface area contributed by atoms with E-state index in [1.54, 1.807) is 4.68 Å². The summed E-state index contributed by atoms with van der Waals surface area (Å²) in [5, 5.41) is 7.00. The maximum atomic E-state index is 13.6. The van der Waals surface area contributed by atoms with E-state index < -0.39 is 11.7 Å². The van der Waals surface area contributed by atoms with Gasteiger partial charge >= 0.3 is 0 Å². The number of rotatable bonds is 4. The second kappa shape index (κ2) is 6.09. The van der Waals surface area contributed by atoms with E-state index in [1.165, 1.54) is 18.2 Å². The number of hydrogen-bond donors (Lipinski definition) is 2. The molecule has 106 valence electrons. The second-order valence-corrected chi connectivity index (χ2v) is 4.99. The highest BCUT2D eigenvalue weighted by Crippen LogP contribution is 2.14. The van der Waals surface area contributed by atoms with Gasteiger partial charge in [-0.1, -0.05) is 6.92 Å². The van der Waals surface area contributed by atoms with Crippen LogP contribution in [0.1, 0.15) is 28.5 Å². The Labute approximate surface area is 122 Å². The largest absolute Gasteiger partial charge is 0.348 e. The quantitative estimate of drug-likeness (QED) is 0.850. The molecule has 0 aliphatic rings. The molecule has 0 spiro atoms. The average Bonchev–Trinajstić information content (AvgIpc) is 2.79. The van der Waals surface area contributed by atoms with Crippen LogP contribution in [0.5, 0.6) is 0 Å². The van der Waals surface area contributed by atoms with Crippen molar-refractivity contribution in [1.29, 1.82) is 0 Å². The highest BCUT2D eigenvalue weighted by atomic mass is 32.1. The first kappa shape index (κ1) is 14.6. The minimum atomic E-state index is -0.554. The monoisotopic (exact) mass is 293 g/mol. The molecule has 0 saturated heterocycles. The molecule has 0 saturated carbocycles. The average molecular weight is 293 g/mol. The van der Waals surface area contributed by atoms with Crippen LogP contribution in [0.4, 0.5) is 4.39 Å². The van der Waals surface area contributed by atoms with Crippen molar-refractivity contribution in [2.45, 2.75) is 24.8 Å². The van der Waals surface area contributed by atoms with Crippen LogP contribution < -0.4 is 5.32 Å². The molecular weight excluding hydrogens is 277 g/mol. The van der Waals surface area contributed by atoms with Crippen molar-refractivity contribution in [2.24, 2.45) is 7.05 Å². The molecule has 0 radical (unpaired) electrons. The maximum Gasteiger partial charge on any atom is 0.254 e. The van der Waals surface area contributed by atoms with Crippen molar-refractivity contribution < 1.29 is 9.18 Å². The summed E-state index contributed by atoms with van der Waals surface area (Å²) in [4.78, 5) is 12.5. The molecule has 1 amide bonds. The van der Waals surface area contributed by atoms with E-state index in [1.807, 2.05) is 20.2 Å². The Hall–Kier alpha value is -1.82. The first-order chi connectivity index (χ1) is 9.51. The minimum Gasteiger partial charge on any atom is -0.348 e. The van der Waals surface area contributed by atoms with Crippen LogP contribution in [0.15, 0.2) is 29.3 Å². The van der Waals surface area contributed by atoms with Crippen LogP contribution in [0.3, 0.4) is 0 Å². The van der Waals surface area contributed by atoms with Gasteiger partial charge in [-0.2, -0.15) is 5.10 Å². The van der Waals surface area contributed by atoms with Gasteiger partial charge < -0.3 is 5.32 Å². The van der Waals surface area contributed by atoms with Gasteiger partial charge in [-0.05, 0) is 24.6 Å². The molecule has 2 aromatic rings. The van der Waals surface area contributed by atoms with Crippen molar-refractivity contribution in [3.63, 3.8) is 0 Å². The Morgan fingerprint density at radius 1 is 1.50 bits per heavy atom. The molecule has 0 atom stereocenters. The smallest absolute Gasteiger partial charge is 0.254 e. The predicted octanol–water partition coefficient (Wildman–Crippen LogP) is 2.34. The number of nitrogens with zero attached hydrogens (tertiary/aromatic N) is 2. The SMILES string of the molecule is CCc1nn(C)cc1CNC(=O)c1cc(S)ccc1F. The second-order valence-electron chi connectivity index (χ2n) is 4.48. The van der Waals surface area contributed by atoms with Crippen LogP contribution >= 0.6 is 12.6 Å². The number of thiol groups is 1. The Morgan fingerprint density at radius 2 is 2.25 bits per heavy atom. The van der Waals surface area contributed by atoms with Crippen LogP contribution in [0.25, 0.3) is 0 Å². The van der Waals surface area contributed by atoms with Crippen molar-refractivity contribution in [1.82, 2.24) is 15.1 Å². The number of halogens is 1. The summed E-state index contributed by atoms with van der Waals surface area (Å²) in [5.41, 5.74) is 1.86. The van der Waals surface area contributed by atoms with Gasteiger partial charge in [0.2, 0.25) is 0 Å². The van der Waals surface area contributed by atoms with Gasteiger partial charge in [-0.3, -0.25) is 9.48 Å². The first-order valence-corrected chi connectivity index (χ1v) is 6.74. The summed E-state index contributed by atoms with van der Waals surface area (Å²) in [7, 11) is 1.83. The standard InChI is InChI=1S/C14H16FN3OS/c1-3-13-9(8-18(2)17-13)7-16-14(19)11-6-10(20)4-5-12(11)15/h4-6,8,20H,3,7H2,1-2H3,(H,16,19). The van der Waals surface area contributed by atoms with Crippen molar-refractivity contribution in [3.05, 3.63) is 47.0 Å². The van der Waals surface area contributed by atoms with Gasteiger partial charge in [0, 0.05) is 30.2 Å². The maximum absolute atomic E-state index is 13.6. The summed E-state index contributed by atoms with van der Waals surface area (Å²) in [6.45, 7) is 2.32. The topological polar surface area (TPSA) is 46.9 Å². The lowest BCUT2D eigenvalue weighted by Gasteiger charge is -2.06. The zero-order valence-electron chi connectivity index (χ0n) is 11.4. The molecule has 0 aliphatic carbocycles. The Morgan fingerprint density at radius 3 is 2.95 bits per heavy atom. The molecule has 1 N–H and O–H groups in total. The molecule has 20 heavy (non-hydrogen) atoms. The first-order valence-electron chi connectivity index (χ1n) is 6.29. The van der Waals surface area contributed by atoms with E-state index in [4.69, 9.17) is 0 Å². The van der Waals surface area contributed by atoms with E-state index in [0.717, 1.165) is 17.7 Å². The summed E-state index contributed by atoms with van der Waals surface area (Å²) >= 11 is 4.11. The number of hydrogen-bond acceptors (Lipinski definition) is 3. The lowest BCUT2D eigenvalue weighted by Crippen LogP contribution is -2.24. The zero-order chi connectivity index (χ0) is 14.7. The van der Waals surface area contributed by atoms with Crippen LogP contribution in [0.2, 0.25) is 0 Å². The third kappa shape index (κ3) is 3.19. The highest BCUT2D eigenvalue weighted by Gasteiger charge is 2.13. The number of carbonyl (C=O) groups is 1. The number of aromatic nitrogens is 2. The van der Waals surface area contributed by atoms with Crippen LogP contribution in [-0.2, 0) is 20.0 Å². The number of benzene rings is 1. The molecule has 1 aromatic heterocycles. The van der Waals surface area contributed by atoms with Gasteiger partial charge in [-0.15, -0.1) is 12.6 Å². The van der Waals surface area contributed by atoms with E-state index in [-0.39, 0.29) is 5.56 Å². The molecular formula is C14H16FN3OS. The van der Waals surface area contributed by atoms with Gasteiger partial charge in [0.05, 0.1) is 11.3 Å². The molecule has 4 nitrogen and oxygen atoms in total. The minimum absolute atomic E-state index is 0.000520. The van der Waals surface area contributed by atoms with Gasteiger partial charge in [0.1, 0.15) is 5.82 Å².